The number of aromatic nitrogens is 1. The van der Waals surface area contributed by atoms with E-state index in [4.69, 9.17) is 0 Å². The van der Waals surface area contributed by atoms with E-state index in [2.05, 4.69) is 34.6 Å². The number of fused-ring (bicyclic) bond motifs is 2. The Bertz CT molecular complexity index is 1540. The number of sulfone groups is 1. The zero-order valence-electron chi connectivity index (χ0n) is 22.2. The second kappa shape index (κ2) is 9.94. The quantitative estimate of drug-likeness (QED) is 0.566. The Morgan fingerprint density at radius 3 is 2.55 bits per heavy atom. The summed E-state index contributed by atoms with van der Waals surface area (Å²) < 4.78 is 28.2. The molecule has 0 fully saturated rings. The minimum Gasteiger partial charge on any atom is -0.373 e. The van der Waals surface area contributed by atoms with Crippen LogP contribution in [0, 0.1) is 0 Å². The van der Waals surface area contributed by atoms with Crippen LogP contribution >= 0.6 is 0 Å². The number of aryl methyl sites for hydroxylation is 1. The largest absolute Gasteiger partial charge is 0.373 e. The van der Waals surface area contributed by atoms with Crippen LogP contribution in [0.4, 0.5) is 0 Å². The van der Waals surface area contributed by atoms with Crippen molar-refractivity contribution in [3.8, 4) is 0 Å². The summed E-state index contributed by atoms with van der Waals surface area (Å²) in [6.45, 7) is 6.09. The summed E-state index contributed by atoms with van der Waals surface area (Å²) in [5.41, 5.74) is 3.67. The molecule has 2 unspecified atom stereocenters. The third kappa shape index (κ3) is 4.18. The number of hydrogen-bond acceptors (Lipinski definition) is 6. The fourth-order valence-corrected chi connectivity index (χ4v) is 6.97. The van der Waals surface area contributed by atoms with Gasteiger partial charge < -0.3 is 20.1 Å². The molecule has 2 aliphatic heterocycles. The second-order valence-electron chi connectivity index (χ2n) is 9.93. The van der Waals surface area contributed by atoms with E-state index in [0.717, 1.165) is 23.1 Å². The van der Waals surface area contributed by atoms with Crippen molar-refractivity contribution in [1.29, 1.82) is 0 Å². The van der Waals surface area contributed by atoms with E-state index in [0.29, 0.717) is 29.8 Å². The Kier molecular flexibility index (Phi) is 6.81. The van der Waals surface area contributed by atoms with Crippen molar-refractivity contribution in [3.63, 3.8) is 0 Å². The molecule has 0 saturated carbocycles. The molecule has 0 spiro atoms. The molecule has 9 heteroatoms. The maximum absolute atomic E-state index is 13.6. The van der Waals surface area contributed by atoms with Gasteiger partial charge in [-0.1, -0.05) is 44.2 Å². The Morgan fingerprint density at radius 1 is 1.16 bits per heavy atom. The maximum Gasteiger partial charge on any atom is 0.260 e. The third-order valence-corrected chi connectivity index (χ3v) is 9.49. The summed E-state index contributed by atoms with van der Waals surface area (Å²) in [5.74, 6) is -0.233. The first-order valence-electron chi connectivity index (χ1n) is 13.2. The topological polar surface area (TPSA) is 101 Å². The summed E-state index contributed by atoms with van der Waals surface area (Å²) >= 11 is 0. The van der Waals surface area contributed by atoms with E-state index in [-0.39, 0.29) is 34.2 Å². The number of allylic oxidation sites excluding steroid dienone is 1. The highest BCUT2D eigenvalue weighted by Crippen LogP contribution is 2.47. The Morgan fingerprint density at radius 2 is 1.89 bits per heavy atom. The van der Waals surface area contributed by atoms with Gasteiger partial charge in [-0.15, -0.1) is 0 Å². The Labute approximate surface area is 223 Å². The second-order valence-corrected chi connectivity index (χ2v) is 12.2. The minimum atomic E-state index is -3.67. The first-order valence-corrected chi connectivity index (χ1v) is 14.8. The van der Waals surface area contributed by atoms with Crippen LogP contribution in [0.15, 0.2) is 70.8 Å². The van der Waals surface area contributed by atoms with Gasteiger partial charge in [-0.25, -0.2) is 8.42 Å². The number of benzene rings is 1. The van der Waals surface area contributed by atoms with Gasteiger partial charge in [0.1, 0.15) is 6.04 Å². The molecule has 5 rings (SSSR count). The van der Waals surface area contributed by atoms with Crippen molar-refractivity contribution in [3.05, 3.63) is 93.1 Å². The summed E-state index contributed by atoms with van der Waals surface area (Å²) in [4.78, 5) is 29.2. The van der Waals surface area contributed by atoms with E-state index >= 15 is 0 Å². The lowest BCUT2D eigenvalue weighted by molar-refractivity contribution is -0.123. The predicted octanol–water partition coefficient (Wildman–Crippen LogP) is 3.10. The smallest absolute Gasteiger partial charge is 0.260 e. The molecular weight excluding hydrogens is 500 g/mol. The van der Waals surface area contributed by atoms with Crippen LogP contribution in [0.25, 0.3) is 10.6 Å². The highest BCUT2D eigenvalue weighted by atomic mass is 32.2. The Balaban J connectivity index is 1.79. The molecule has 8 nitrogen and oxygen atoms in total. The molecule has 2 N–H and O–H groups in total. The minimum absolute atomic E-state index is 0.0140. The number of rotatable bonds is 7. The number of amides is 1. The van der Waals surface area contributed by atoms with Gasteiger partial charge in [-0.3, -0.25) is 9.59 Å². The lowest BCUT2D eigenvalue weighted by Gasteiger charge is -2.40. The molecule has 3 heterocycles. The fraction of sp³-hybridized carbons (Fsp3) is 0.379. The Hall–Kier alpha value is -3.59. The van der Waals surface area contributed by atoms with Gasteiger partial charge in [-0.2, -0.15) is 0 Å². The van der Waals surface area contributed by atoms with Gasteiger partial charge in [0.25, 0.3) is 5.56 Å². The maximum atomic E-state index is 13.6. The van der Waals surface area contributed by atoms with E-state index < -0.39 is 15.9 Å². The molecule has 3 atom stereocenters. The van der Waals surface area contributed by atoms with Gasteiger partial charge in [0.05, 0.1) is 34.0 Å². The predicted molar refractivity (Wildman–Crippen MR) is 149 cm³/mol. The summed E-state index contributed by atoms with van der Waals surface area (Å²) in [7, 11) is -2.02. The van der Waals surface area contributed by atoms with Gasteiger partial charge >= 0.3 is 0 Å². The van der Waals surface area contributed by atoms with Crippen LogP contribution in [0.3, 0.4) is 0 Å². The van der Waals surface area contributed by atoms with Crippen molar-refractivity contribution in [2.24, 2.45) is 7.05 Å². The van der Waals surface area contributed by atoms with Gasteiger partial charge in [-0.05, 0) is 36.6 Å². The molecule has 200 valence electrons. The molecule has 0 radical (unpaired) electrons. The summed E-state index contributed by atoms with van der Waals surface area (Å²) in [6, 6.07) is 11.1. The molecule has 3 aliphatic rings. The molecule has 0 saturated heterocycles. The number of hydrogen-bond donors (Lipinski definition) is 2. The average Bonchev–Trinajstić information content (AvgIpc) is 3.20. The van der Waals surface area contributed by atoms with Crippen LogP contribution in [-0.2, 0) is 21.7 Å². The number of carbonyl (C=O) groups is 1. The van der Waals surface area contributed by atoms with Crippen molar-refractivity contribution in [2.75, 3.05) is 12.3 Å². The standard InChI is InChI=1S/C29H34N4O4S/c1-5-22(18-11-9-8-10-12-18)33-17-19-15-24(38(36,37)7-3)20-13-14-32(4)29(35)26(20)27-25(19)23(33)16-21(31-27)28(34)30-6-2/h8-15,17,21-23,31H,5-7,16H2,1-4H3,(H,30,34)/t21-,22?,23?/m1/s1. The summed E-state index contributed by atoms with van der Waals surface area (Å²) in [5, 5.41) is 6.29. The molecule has 1 aliphatic carbocycles. The van der Waals surface area contributed by atoms with E-state index in [9.17, 15) is 18.0 Å². The molecule has 1 aromatic heterocycles. The van der Waals surface area contributed by atoms with Gasteiger partial charge in [0.15, 0.2) is 9.84 Å². The zero-order valence-corrected chi connectivity index (χ0v) is 23.0. The first kappa shape index (κ1) is 26.0. The normalized spacial score (nSPS) is 21.0. The lowest BCUT2D eigenvalue weighted by Crippen LogP contribution is -2.51. The van der Waals surface area contributed by atoms with Crippen molar-refractivity contribution >= 4 is 26.3 Å². The fourth-order valence-electron chi connectivity index (χ4n) is 5.85. The first-order chi connectivity index (χ1) is 18.2. The van der Waals surface area contributed by atoms with Crippen LogP contribution < -0.4 is 16.2 Å². The summed E-state index contributed by atoms with van der Waals surface area (Å²) in [6.07, 6.45) is 6.63. The van der Waals surface area contributed by atoms with E-state index in [1.165, 1.54) is 4.57 Å². The number of pyridine rings is 1. The van der Waals surface area contributed by atoms with E-state index in [1.54, 1.807) is 32.3 Å². The molecule has 38 heavy (non-hydrogen) atoms. The third-order valence-electron chi connectivity index (χ3n) is 7.72. The molecular formula is C29H34N4O4S. The molecule has 0 bridgehead atoms. The van der Waals surface area contributed by atoms with Crippen molar-refractivity contribution in [1.82, 2.24) is 20.1 Å². The number of nitrogens with one attached hydrogen (secondary N) is 2. The number of likely N-dealkylation sites (N-methyl/N-ethyl adjacent to an activating group) is 1. The van der Waals surface area contributed by atoms with Crippen LogP contribution in [0.2, 0.25) is 0 Å². The van der Waals surface area contributed by atoms with Crippen LogP contribution in [0.5, 0.6) is 0 Å². The lowest BCUT2D eigenvalue weighted by atomic mass is 9.87. The van der Waals surface area contributed by atoms with Crippen LogP contribution in [0.1, 0.15) is 56.3 Å². The van der Waals surface area contributed by atoms with Gasteiger partial charge in [0, 0.05) is 43.5 Å². The highest BCUT2D eigenvalue weighted by molar-refractivity contribution is 8.00. The SMILES string of the molecule is CCNC(=O)[C@H]1CC2C3=C(N1)c1c(ccn(C)c1=O)C(S(=O)(=O)CC)=CC3=CN2C(CC)c1ccccc1. The average molecular weight is 535 g/mol. The number of carbonyl (C=O) groups excluding carboxylic acids is 1. The number of nitrogens with zero attached hydrogens (tertiary/aromatic N) is 2. The monoisotopic (exact) mass is 534 g/mol. The van der Waals surface area contributed by atoms with Crippen molar-refractivity contribution < 1.29 is 13.2 Å². The molecule has 1 aromatic carbocycles. The van der Waals surface area contributed by atoms with E-state index in [1.807, 2.05) is 31.3 Å². The molecule has 1 amide bonds. The molecule has 2 aromatic rings. The van der Waals surface area contributed by atoms with Gasteiger partial charge in [0.2, 0.25) is 5.91 Å². The van der Waals surface area contributed by atoms with Crippen LogP contribution in [-0.4, -0.2) is 48.2 Å². The highest BCUT2D eigenvalue weighted by Gasteiger charge is 2.45. The van der Waals surface area contributed by atoms with Crippen molar-refractivity contribution in [2.45, 2.75) is 51.7 Å². The zero-order chi connectivity index (χ0) is 27.2.